The monoisotopic (exact) mass is 658 g/mol. The van der Waals surface area contributed by atoms with E-state index in [0.29, 0.717) is 6.54 Å². The van der Waals surface area contributed by atoms with E-state index in [1.165, 1.54) is 49.3 Å². The van der Waals surface area contributed by atoms with Crippen molar-refractivity contribution < 1.29 is 27.7 Å². The van der Waals surface area contributed by atoms with E-state index in [4.69, 9.17) is 16.3 Å². The Hall–Kier alpha value is -4.16. The smallest absolute Gasteiger partial charge is 0.273 e. The van der Waals surface area contributed by atoms with Crippen molar-refractivity contribution in [3.63, 3.8) is 0 Å². The maximum absolute atomic E-state index is 14.3. The number of sulfonamides is 1. The molecule has 3 aromatic carbocycles. The van der Waals surface area contributed by atoms with Gasteiger partial charge in [0.05, 0.1) is 22.6 Å². The maximum atomic E-state index is 14.3. The molecule has 0 saturated heterocycles. The molecule has 45 heavy (non-hydrogen) atoms. The molecule has 0 unspecified atom stereocenters. The molecule has 2 amide bonds. The van der Waals surface area contributed by atoms with Crippen molar-refractivity contribution in [3.05, 3.63) is 92.5 Å². The third-order valence-electron chi connectivity index (χ3n) is 7.16. The lowest BCUT2D eigenvalue weighted by atomic mass is 10.1. The molecular formula is C32H39ClN4O7S. The van der Waals surface area contributed by atoms with Crippen LogP contribution < -0.4 is 14.4 Å². The number of ether oxygens (including phenoxy) is 1. The average Bonchev–Trinajstić information content (AvgIpc) is 2.98. The minimum atomic E-state index is -4.62. The quantitative estimate of drug-likeness (QED) is 0.174. The van der Waals surface area contributed by atoms with Crippen LogP contribution in [0.5, 0.6) is 5.75 Å². The lowest BCUT2D eigenvalue weighted by molar-refractivity contribution is -0.385. The molecule has 0 saturated carbocycles. The van der Waals surface area contributed by atoms with Gasteiger partial charge < -0.3 is 15.0 Å². The molecule has 0 aliphatic rings. The Morgan fingerprint density at radius 2 is 1.78 bits per heavy atom. The molecule has 3 rings (SSSR count). The molecule has 0 fully saturated rings. The molecule has 1 atom stereocenters. The van der Waals surface area contributed by atoms with Crippen molar-refractivity contribution in [2.75, 3.05) is 24.5 Å². The van der Waals surface area contributed by atoms with Gasteiger partial charge in [0.1, 0.15) is 18.3 Å². The molecule has 0 aliphatic carbocycles. The van der Waals surface area contributed by atoms with Crippen molar-refractivity contribution >= 4 is 44.8 Å². The predicted octanol–water partition coefficient (Wildman–Crippen LogP) is 5.65. The fraction of sp³-hybridized carbons (Fsp3) is 0.375. The minimum absolute atomic E-state index is 0.0324. The molecule has 0 radical (unpaired) electrons. The zero-order valence-electron chi connectivity index (χ0n) is 26.2. The zero-order valence-corrected chi connectivity index (χ0v) is 27.8. The lowest BCUT2D eigenvalue weighted by Gasteiger charge is -2.33. The molecule has 0 aliphatic heterocycles. The van der Waals surface area contributed by atoms with Crippen molar-refractivity contribution in [3.8, 4) is 5.75 Å². The van der Waals surface area contributed by atoms with E-state index in [1.807, 2.05) is 45.0 Å². The highest BCUT2D eigenvalue weighted by molar-refractivity contribution is 7.92. The van der Waals surface area contributed by atoms with Crippen LogP contribution in [0.4, 0.5) is 11.4 Å². The summed E-state index contributed by atoms with van der Waals surface area (Å²) in [6, 6.07) is 14.4. The number of nitro benzene ring substituents is 1. The summed E-state index contributed by atoms with van der Waals surface area (Å²) >= 11 is 6.28. The number of methoxy groups -OCH3 is 1. The fourth-order valence-electron chi connectivity index (χ4n) is 4.79. The van der Waals surface area contributed by atoms with Crippen LogP contribution in [0.1, 0.15) is 43.9 Å². The number of carbonyl (C=O) groups is 2. The molecule has 3 aromatic rings. The fourth-order valence-corrected chi connectivity index (χ4v) is 6.40. The summed E-state index contributed by atoms with van der Waals surface area (Å²) in [5.41, 5.74) is 1.53. The van der Waals surface area contributed by atoms with Crippen LogP contribution in [0.15, 0.2) is 65.6 Å². The van der Waals surface area contributed by atoms with Gasteiger partial charge in [-0.25, -0.2) is 8.42 Å². The SMILES string of the molecule is CC[C@@H](C(=O)NCC(C)C)N(Cc1cccc(C)c1)C(=O)CN(c1cc(Cl)ccc1OC)S(=O)(=O)c1ccc(C)c([N+](=O)[O-])c1. The minimum Gasteiger partial charge on any atom is -0.495 e. The van der Waals surface area contributed by atoms with E-state index < -0.39 is 44.0 Å². The van der Waals surface area contributed by atoms with Gasteiger partial charge in [0.25, 0.3) is 15.7 Å². The van der Waals surface area contributed by atoms with Gasteiger partial charge >= 0.3 is 0 Å². The van der Waals surface area contributed by atoms with E-state index in [1.54, 1.807) is 6.92 Å². The Morgan fingerprint density at radius 1 is 1.07 bits per heavy atom. The second kappa shape index (κ2) is 15.2. The van der Waals surface area contributed by atoms with Gasteiger partial charge in [-0.05, 0) is 56.0 Å². The van der Waals surface area contributed by atoms with Crippen LogP contribution in [-0.2, 0) is 26.2 Å². The van der Waals surface area contributed by atoms with Gasteiger partial charge in [0, 0.05) is 29.7 Å². The highest BCUT2D eigenvalue weighted by Crippen LogP contribution is 2.36. The van der Waals surface area contributed by atoms with E-state index in [9.17, 15) is 28.1 Å². The summed E-state index contributed by atoms with van der Waals surface area (Å²) in [5, 5.41) is 14.7. The Kier molecular flexibility index (Phi) is 11.9. The number of hydrogen-bond donors (Lipinski definition) is 1. The number of nitro groups is 1. The van der Waals surface area contributed by atoms with Gasteiger partial charge in [-0.15, -0.1) is 0 Å². The number of anilines is 1. The second-order valence-corrected chi connectivity index (χ2v) is 13.4. The Labute approximate surface area is 269 Å². The van der Waals surface area contributed by atoms with E-state index in [-0.39, 0.29) is 46.8 Å². The number of carbonyl (C=O) groups excluding carboxylic acids is 2. The first-order chi connectivity index (χ1) is 21.2. The van der Waals surface area contributed by atoms with Gasteiger partial charge in [-0.3, -0.25) is 24.0 Å². The molecule has 242 valence electrons. The van der Waals surface area contributed by atoms with Crippen LogP contribution >= 0.6 is 11.6 Å². The molecule has 11 nitrogen and oxygen atoms in total. The first-order valence-electron chi connectivity index (χ1n) is 14.4. The van der Waals surface area contributed by atoms with Crippen LogP contribution in [0.3, 0.4) is 0 Å². The summed E-state index contributed by atoms with van der Waals surface area (Å²) < 4.78 is 34.8. The summed E-state index contributed by atoms with van der Waals surface area (Å²) in [7, 11) is -3.28. The van der Waals surface area contributed by atoms with Crippen LogP contribution in [0.2, 0.25) is 5.02 Å². The van der Waals surface area contributed by atoms with Gasteiger partial charge in [-0.1, -0.05) is 68.3 Å². The van der Waals surface area contributed by atoms with Gasteiger partial charge in [-0.2, -0.15) is 0 Å². The number of halogens is 1. The molecule has 0 aromatic heterocycles. The van der Waals surface area contributed by atoms with Gasteiger partial charge in [0.2, 0.25) is 11.8 Å². The second-order valence-electron chi connectivity index (χ2n) is 11.1. The summed E-state index contributed by atoms with van der Waals surface area (Å²) in [6.07, 6.45) is 0.263. The molecule has 0 spiro atoms. The number of nitrogens with one attached hydrogen (secondary N) is 1. The topological polar surface area (TPSA) is 139 Å². The van der Waals surface area contributed by atoms with Crippen molar-refractivity contribution in [1.82, 2.24) is 10.2 Å². The number of nitrogens with zero attached hydrogens (tertiary/aromatic N) is 3. The highest BCUT2D eigenvalue weighted by atomic mass is 35.5. The first-order valence-corrected chi connectivity index (χ1v) is 16.2. The third kappa shape index (κ3) is 8.73. The normalized spacial score (nSPS) is 12.0. The van der Waals surface area contributed by atoms with Crippen LogP contribution in [0.25, 0.3) is 0 Å². The van der Waals surface area contributed by atoms with Crippen LogP contribution in [-0.4, -0.2) is 56.3 Å². The van der Waals surface area contributed by atoms with E-state index in [2.05, 4.69) is 5.32 Å². The van der Waals surface area contributed by atoms with Gasteiger partial charge in [0.15, 0.2) is 0 Å². The summed E-state index contributed by atoms with van der Waals surface area (Å²) in [5.74, 6) is -0.766. The molecule has 0 bridgehead atoms. The summed E-state index contributed by atoms with van der Waals surface area (Å²) in [6.45, 7) is 8.76. The number of aryl methyl sites for hydroxylation is 2. The zero-order chi connectivity index (χ0) is 33.5. The summed E-state index contributed by atoms with van der Waals surface area (Å²) in [4.78, 5) is 39.7. The Morgan fingerprint density at radius 3 is 2.38 bits per heavy atom. The Bertz CT molecular complexity index is 1660. The van der Waals surface area contributed by atoms with Crippen molar-refractivity contribution in [2.24, 2.45) is 5.92 Å². The average molecular weight is 659 g/mol. The highest BCUT2D eigenvalue weighted by Gasteiger charge is 2.35. The number of amides is 2. The third-order valence-corrected chi connectivity index (χ3v) is 9.15. The largest absolute Gasteiger partial charge is 0.495 e. The lowest BCUT2D eigenvalue weighted by Crippen LogP contribution is -2.52. The predicted molar refractivity (Wildman–Crippen MR) is 174 cm³/mol. The van der Waals surface area contributed by atoms with Crippen molar-refractivity contribution in [2.45, 2.75) is 58.5 Å². The first kappa shape index (κ1) is 35.3. The Balaban J connectivity index is 2.18. The van der Waals surface area contributed by atoms with Crippen LogP contribution in [0, 0.1) is 29.9 Å². The van der Waals surface area contributed by atoms with Crippen molar-refractivity contribution in [1.29, 1.82) is 0 Å². The molecule has 13 heteroatoms. The maximum Gasteiger partial charge on any atom is 0.273 e. The standard InChI is InChI=1S/C32H39ClN4O7S/c1-7-27(32(39)34-18-21(2)3)35(19-24-10-8-9-22(4)15-24)31(38)20-36(29-16-25(33)12-14-30(29)44-6)45(42,43)26-13-11-23(5)28(17-26)37(40)41/h8-17,21,27H,7,18-20H2,1-6H3,(H,34,39)/t27-/m0/s1. The van der Waals surface area contributed by atoms with E-state index in [0.717, 1.165) is 21.5 Å². The van der Waals surface area contributed by atoms with E-state index >= 15 is 0 Å². The number of benzene rings is 3. The molecule has 1 N–H and O–H groups in total. The number of rotatable bonds is 14. The molecule has 0 heterocycles. The number of hydrogen-bond acceptors (Lipinski definition) is 7. The molecular weight excluding hydrogens is 620 g/mol.